The highest BCUT2D eigenvalue weighted by Crippen LogP contribution is 2.04. The van der Waals surface area contributed by atoms with Crippen molar-refractivity contribution >= 4 is 6.08 Å². The molecule has 0 saturated carbocycles. The summed E-state index contributed by atoms with van der Waals surface area (Å²) >= 11 is 0. The van der Waals surface area contributed by atoms with Crippen molar-refractivity contribution in [3.8, 4) is 0 Å². The van der Waals surface area contributed by atoms with E-state index in [9.17, 15) is 0 Å². The van der Waals surface area contributed by atoms with Gasteiger partial charge in [0.1, 0.15) is 0 Å². The van der Waals surface area contributed by atoms with E-state index in [1.54, 1.807) is 0 Å². The summed E-state index contributed by atoms with van der Waals surface area (Å²) in [6.07, 6.45) is 6.26. The van der Waals surface area contributed by atoms with Crippen LogP contribution >= 0.6 is 0 Å². The fraction of sp³-hybridized carbons (Fsp3) is 0.118. The molecule has 0 radical (unpaired) electrons. The lowest BCUT2D eigenvalue weighted by atomic mass is 10.1. The average molecular weight is 236 g/mol. The number of benzene rings is 1. The lowest BCUT2D eigenvalue weighted by Crippen LogP contribution is -2.36. The first-order valence-electron chi connectivity index (χ1n) is 6.12. The third-order valence-electron chi connectivity index (χ3n) is 2.85. The van der Waals surface area contributed by atoms with Crippen molar-refractivity contribution in [3.63, 3.8) is 0 Å². The second-order valence-electron chi connectivity index (χ2n) is 4.37. The Bertz CT molecular complexity index is 553. The first-order valence-corrected chi connectivity index (χ1v) is 6.12. The summed E-state index contributed by atoms with van der Waals surface area (Å²) in [5, 5.41) is 0. The molecule has 18 heavy (non-hydrogen) atoms. The van der Waals surface area contributed by atoms with Crippen molar-refractivity contribution in [1.29, 1.82) is 0 Å². The van der Waals surface area contributed by atoms with Crippen molar-refractivity contribution in [3.05, 3.63) is 84.2 Å². The van der Waals surface area contributed by atoms with Crippen molar-refractivity contribution in [2.75, 3.05) is 0 Å². The number of nitrogens with zero attached hydrogens (tertiary/aromatic N) is 1. The van der Waals surface area contributed by atoms with E-state index in [0.29, 0.717) is 0 Å². The molecule has 0 aliphatic carbocycles. The van der Waals surface area contributed by atoms with Gasteiger partial charge in [0.2, 0.25) is 0 Å². The molecule has 0 N–H and O–H groups in total. The molecule has 0 fully saturated rings. The second kappa shape index (κ2) is 5.97. The first kappa shape index (κ1) is 12.3. The molecule has 1 heterocycles. The van der Waals surface area contributed by atoms with Gasteiger partial charge in [-0.1, -0.05) is 55.1 Å². The lowest BCUT2D eigenvalue weighted by molar-refractivity contribution is -0.694. The molecule has 1 nitrogen and oxygen atoms in total. The predicted octanol–water partition coefficient (Wildman–Crippen LogP) is 3.55. The summed E-state index contributed by atoms with van der Waals surface area (Å²) in [6, 6.07) is 16.5. The van der Waals surface area contributed by atoms with E-state index in [1.807, 2.05) is 24.3 Å². The predicted molar refractivity (Wildman–Crippen MR) is 76.0 cm³/mol. The van der Waals surface area contributed by atoms with Crippen LogP contribution in [0.3, 0.4) is 0 Å². The molecule has 0 bridgehead atoms. The molecule has 90 valence electrons. The maximum absolute atomic E-state index is 4.10. The van der Waals surface area contributed by atoms with E-state index in [4.69, 9.17) is 0 Å². The van der Waals surface area contributed by atoms with Gasteiger partial charge in [-0.25, -0.2) is 0 Å². The van der Waals surface area contributed by atoms with Crippen LogP contribution in [0.25, 0.3) is 6.08 Å². The minimum atomic E-state index is 0.829. The molecule has 0 saturated heterocycles. The summed E-state index contributed by atoms with van der Waals surface area (Å²) < 4.78 is 2.19. The van der Waals surface area contributed by atoms with Crippen molar-refractivity contribution in [2.24, 2.45) is 0 Å². The Labute approximate surface area is 109 Å². The van der Waals surface area contributed by atoms with Crippen LogP contribution in [0.15, 0.2) is 73.0 Å². The van der Waals surface area contributed by atoms with Crippen molar-refractivity contribution in [1.82, 2.24) is 0 Å². The van der Waals surface area contributed by atoms with E-state index in [-0.39, 0.29) is 0 Å². The fourth-order valence-electron chi connectivity index (χ4n) is 1.79. The van der Waals surface area contributed by atoms with Crippen LogP contribution in [-0.4, -0.2) is 0 Å². The van der Waals surface area contributed by atoms with Crippen LogP contribution in [0.5, 0.6) is 0 Å². The van der Waals surface area contributed by atoms with E-state index < -0.39 is 0 Å². The second-order valence-corrected chi connectivity index (χ2v) is 4.37. The summed E-state index contributed by atoms with van der Waals surface area (Å²) in [5.41, 5.74) is 3.54. The maximum atomic E-state index is 4.10. The van der Waals surface area contributed by atoms with E-state index in [0.717, 1.165) is 12.1 Å². The largest absolute Gasteiger partial charge is 0.198 e. The van der Waals surface area contributed by atoms with Gasteiger partial charge in [-0.3, -0.25) is 0 Å². The van der Waals surface area contributed by atoms with Gasteiger partial charge >= 0.3 is 0 Å². The van der Waals surface area contributed by atoms with E-state index in [2.05, 4.69) is 60.7 Å². The quantitative estimate of drug-likeness (QED) is 0.564. The molecule has 0 unspecified atom stereocenters. The zero-order valence-corrected chi connectivity index (χ0v) is 10.7. The number of aryl methyl sites for hydroxylation is 1. The third-order valence-corrected chi connectivity index (χ3v) is 2.85. The Hall–Kier alpha value is -2.15. The molecule has 0 aliphatic heterocycles. The topological polar surface area (TPSA) is 3.88 Å². The minimum Gasteiger partial charge on any atom is -0.198 e. The van der Waals surface area contributed by atoms with Gasteiger partial charge in [0, 0.05) is 24.6 Å². The fourth-order valence-corrected chi connectivity index (χ4v) is 1.79. The highest BCUT2D eigenvalue weighted by molar-refractivity contribution is 5.51. The first-order chi connectivity index (χ1) is 8.75. The summed E-state index contributed by atoms with van der Waals surface area (Å²) in [7, 11) is 0. The summed E-state index contributed by atoms with van der Waals surface area (Å²) in [5.74, 6) is 0. The standard InChI is InChI=1S/C17H18N/c1-15(11-12-17-9-4-3-5-10-17)14-18-13-7-6-8-16(18)2/h3-13H,1,14H2,2H3/q+1/b12-11+. The van der Waals surface area contributed by atoms with Crippen molar-refractivity contribution < 1.29 is 4.57 Å². The molecule has 0 aliphatic rings. The molecule has 1 aromatic carbocycles. The Morgan fingerprint density at radius 2 is 1.83 bits per heavy atom. The van der Waals surface area contributed by atoms with Crippen molar-refractivity contribution in [2.45, 2.75) is 13.5 Å². The van der Waals surface area contributed by atoms with Crippen LogP contribution < -0.4 is 4.57 Å². The molecule has 1 heteroatoms. The van der Waals surface area contributed by atoms with Gasteiger partial charge in [0.15, 0.2) is 18.4 Å². The minimum absolute atomic E-state index is 0.829. The number of hydrogen-bond acceptors (Lipinski definition) is 0. The highest BCUT2D eigenvalue weighted by atomic mass is 14.9. The van der Waals surface area contributed by atoms with E-state index in [1.165, 1.54) is 11.3 Å². The van der Waals surface area contributed by atoms with Crippen LogP contribution in [0, 0.1) is 6.92 Å². The summed E-state index contributed by atoms with van der Waals surface area (Å²) in [4.78, 5) is 0. The van der Waals surface area contributed by atoms with Crippen LogP contribution in [0.4, 0.5) is 0 Å². The van der Waals surface area contributed by atoms with Gasteiger partial charge in [0.05, 0.1) is 0 Å². The van der Waals surface area contributed by atoms with Gasteiger partial charge < -0.3 is 0 Å². The molecular formula is C17H18N+. The van der Waals surface area contributed by atoms with Gasteiger partial charge in [-0.15, -0.1) is 0 Å². The third kappa shape index (κ3) is 3.42. The monoisotopic (exact) mass is 236 g/mol. The normalized spacial score (nSPS) is 10.7. The summed E-state index contributed by atoms with van der Waals surface area (Å²) in [6.45, 7) is 7.03. The molecule has 0 atom stereocenters. The van der Waals surface area contributed by atoms with Crippen LogP contribution in [0.1, 0.15) is 11.3 Å². The Morgan fingerprint density at radius 3 is 2.56 bits per heavy atom. The van der Waals surface area contributed by atoms with E-state index >= 15 is 0 Å². The molecule has 1 aromatic heterocycles. The Balaban J connectivity index is 2.02. The number of pyridine rings is 1. The molecule has 0 amide bonds. The zero-order valence-electron chi connectivity index (χ0n) is 10.7. The Morgan fingerprint density at radius 1 is 1.11 bits per heavy atom. The molecule has 0 spiro atoms. The average Bonchev–Trinajstić information content (AvgIpc) is 2.40. The van der Waals surface area contributed by atoms with Crippen LogP contribution in [-0.2, 0) is 6.54 Å². The van der Waals surface area contributed by atoms with Gasteiger partial charge in [-0.05, 0) is 5.56 Å². The van der Waals surface area contributed by atoms with Gasteiger partial charge in [-0.2, -0.15) is 4.57 Å². The number of hydrogen-bond donors (Lipinski definition) is 0. The van der Waals surface area contributed by atoms with Gasteiger partial charge in [0.25, 0.3) is 0 Å². The lowest BCUT2D eigenvalue weighted by Gasteiger charge is -1.99. The number of allylic oxidation sites excluding steroid dienone is 2. The molecular weight excluding hydrogens is 218 g/mol. The molecule has 2 aromatic rings. The highest BCUT2D eigenvalue weighted by Gasteiger charge is 2.04. The maximum Gasteiger partial charge on any atom is 0.178 e. The Kier molecular flexibility index (Phi) is 4.08. The SMILES string of the molecule is C=C(/C=C/c1ccccc1)C[n+]1ccccc1C. The molecule has 2 rings (SSSR count). The number of aromatic nitrogens is 1. The van der Waals surface area contributed by atoms with Crippen LogP contribution in [0.2, 0.25) is 0 Å². The zero-order chi connectivity index (χ0) is 12.8. The smallest absolute Gasteiger partial charge is 0.178 e. The number of rotatable bonds is 4.